The van der Waals surface area contributed by atoms with E-state index in [4.69, 9.17) is 19.1 Å². The van der Waals surface area contributed by atoms with E-state index < -0.39 is 0 Å². The van der Waals surface area contributed by atoms with Gasteiger partial charge in [-0.05, 0) is 58.8 Å². The van der Waals surface area contributed by atoms with E-state index in [1.54, 1.807) is 12.3 Å². The minimum absolute atomic E-state index is 0.0937. The summed E-state index contributed by atoms with van der Waals surface area (Å²) in [6.45, 7) is 4.15. The Morgan fingerprint density at radius 3 is 2.76 bits per heavy atom. The van der Waals surface area contributed by atoms with Crippen LogP contribution in [0.2, 0.25) is 0 Å². The second-order valence-corrected chi connectivity index (χ2v) is 9.09. The molecule has 1 aliphatic heterocycles. The lowest BCUT2D eigenvalue weighted by atomic mass is 10.0. The van der Waals surface area contributed by atoms with E-state index in [0.717, 1.165) is 37.3 Å². The summed E-state index contributed by atoms with van der Waals surface area (Å²) >= 11 is 2.19. The molecule has 0 radical (unpaired) electrons. The Balaban J connectivity index is 0.00000158. The Labute approximate surface area is 214 Å². The van der Waals surface area contributed by atoms with Gasteiger partial charge in [-0.15, -0.1) is 0 Å². The van der Waals surface area contributed by atoms with Crippen LogP contribution in [0.5, 0.6) is 5.75 Å². The molecule has 4 rings (SSSR count). The number of nitrogens with zero attached hydrogens (tertiary/aromatic N) is 2. The largest absolute Gasteiger partial charge is 0.488 e. The summed E-state index contributed by atoms with van der Waals surface area (Å²) < 4.78 is 33.5. The Hall–Kier alpha value is -2.02. The van der Waals surface area contributed by atoms with Gasteiger partial charge in [0.15, 0.2) is 0 Å². The van der Waals surface area contributed by atoms with Gasteiger partial charge < -0.3 is 23.7 Å². The topological polar surface area (TPSA) is 65.7 Å². The van der Waals surface area contributed by atoms with Crippen molar-refractivity contribution in [1.29, 1.82) is 0 Å². The van der Waals surface area contributed by atoms with Crippen molar-refractivity contribution in [3.63, 3.8) is 0 Å². The molecule has 180 valence electrons. The molecular formula is C25H27FIN2O4P. The van der Waals surface area contributed by atoms with Crippen molar-refractivity contribution in [1.82, 2.24) is 9.55 Å². The maximum Gasteiger partial charge on any atom is 0.138 e. The van der Waals surface area contributed by atoms with Gasteiger partial charge in [0.25, 0.3) is 0 Å². The average Bonchev–Trinajstić information content (AvgIpc) is 3.54. The molecule has 6 nitrogen and oxygen atoms in total. The van der Waals surface area contributed by atoms with Crippen LogP contribution < -0.4 is 4.74 Å². The third-order valence-corrected chi connectivity index (χ3v) is 6.35. The Morgan fingerprint density at radius 2 is 2.09 bits per heavy atom. The van der Waals surface area contributed by atoms with E-state index in [1.807, 2.05) is 48.0 Å². The molecule has 2 aromatic carbocycles. The van der Waals surface area contributed by atoms with Gasteiger partial charge >= 0.3 is 0 Å². The van der Waals surface area contributed by atoms with Gasteiger partial charge in [0.05, 0.1) is 26.2 Å². The van der Waals surface area contributed by atoms with Crippen LogP contribution >= 0.6 is 28.5 Å². The van der Waals surface area contributed by atoms with Crippen molar-refractivity contribution in [3.05, 3.63) is 72.1 Å². The van der Waals surface area contributed by atoms with Crippen LogP contribution in [0.4, 0.5) is 4.39 Å². The van der Waals surface area contributed by atoms with Gasteiger partial charge in [-0.2, -0.15) is 0 Å². The van der Waals surface area contributed by atoms with Crippen LogP contribution in [0.25, 0.3) is 11.1 Å². The second kappa shape index (κ2) is 13.8. The molecule has 0 saturated carbocycles. The predicted octanol–water partition coefficient (Wildman–Crippen LogP) is 5.54. The van der Waals surface area contributed by atoms with E-state index in [1.165, 1.54) is 6.07 Å². The fourth-order valence-electron chi connectivity index (χ4n) is 3.50. The third-order valence-electron chi connectivity index (χ3n) is 5.14. The first-order valence-electron chi connectivity index (χ1n) is 10.7. The van der Waals surface area contributed by atoms with Gasteiger partial charge in [0, 0.05) is 37.1 Å². The maximum atomic E-state index is 14.8. The number of aliphatic hydroxyl groups excluding tert-OH is 1. The van der Waals surface area contributed by atoms with E-state index in [9.17, 15) is 4.39 Å². The van der Waals surface area contributed by atoms with Crippen molar-refractivity contribution in [2.24, 2.45) is 0 Å². The number of imidazole rings is 1. The molecule has 3 atom stereocenters. The maximum absolute atomic E-state index is 14.8. The van der Waals surface area contributed by atoms with Gasteiger partial charge in [-0.25, -0.2) is 9.37 Å². The highest BCUT2D eigenvalue weighted by Gasteiger charge is 2.17. The van der Waals surface area contributed by atoms with Gasteiger partial charge in [-0.3, -0.25) is 0 Å². The summed E-state index contributed by atoms with van der Waals surface area (Å²) in [5.41, 5.74) is 1.96. The van der Waals surface area contributed by atoms with E-state index in [0.29, 0.717) is 30.7 Å². The highest BCUT2D eigenvalue weighted by molar-refractivity contribution is 14.2. The molecule has 2 heterocycles. The Bertz CT molecular complexity index is 1110. The smallest absolute Gasteiger partial charge is 0.138 e. The van der Waals surface area contributed by atoms with Crippen LogP contribution in [-0.2, 0) is 15.8 Å². The van der Waals surface area contributed by atoms with Crippen LogP contribution in [0.1, 0.15) is 30.8 Å². The van der Waals surface area contributed by atoms with Crippen molar-refractivity contribution >= 4 is 28.5 Å². The zero-order chi connectivity index (χ0) is 24.3. The van der Waals surface area contributed by atoms with Crippen LogP contribution in [0, 0.1) is 17.7 Å². The summed E-state index contributed by atoms with van der Waals surface area (Å²) in [6.07, 6.45) is 4.50. The minimum Gasteiger partial charge on any atom is -0.488 e. The standard InChI is InChI=1S/C24H23FIN2O3P.CH4O/c1-17(31-32-26)24-27-11-13-28(24)12-2-3-18-4-9-22(23(25)15-18)19-5-7-20(8-6-19)30-21-10-14-29-16-21;1-2/h4-9,11,13,15,17,21,32H,10,12,14,16H2,1H3;2H,1H3. The summed E-state index contributed by atoms with van der Waals surface area (Å²) in [5, 5.41) is 7.00. The van der Waals surface area contributed by atoms with Crippen molar-refractivity contribution < 1.29 is 23.5 Å². The number of hydrogen-bond acceptors (Lipinski definition) is 5. The first-order valence-corrected chi connectivity index (χ1v) is 14.8. The molecule has 1 fully saturated rings. The third kappa shape index (κ3) is 7.24. The highest BCUT2D eigenvalue weighted by atomic mass is 127. The molecule has 3 unspecified atom stereocenters. The number of aromatic nitrogens is 2. The lowest BCUT2D eigenvalue weighted by Crippen LogP contribution is -2.15. The van der Waals surface area contributed by atoms with Crippen LogP contribution in [0.15, 0.2) is 54.9 Å². The Morgan fingerprint density at radius 1 is 1.29 bits per heavy atom. The van der Waals surface area contributed by atoms with E-state index in [-0.39, 0.29) is 18.0 Å². The number of benzene rings is 2. The summed E-state index contributed by atoms with van der Waals surface area (Å²) in [7, 11) is 1.00. The van der Waals surface area contributed by atoms with E-state index >= 15 is 0 Å². The molecular weight excluding hydrogens is 569 g/mol. The summed E-state index contributed by atoms with van der Waals surface area (Å²) in [4.78, 5) is 4.35. The average molecular weight is 596 g/mol. The number of aliphatic hydroxyl groups is 1. The number of hydrogen-bond donors (Lipinski definition) is 1. The fraction of sp³-hybridized carbons (Fsp3) is 0.320. The fourth-order valence-corrected chi connectivity index (χ4v) is 4.88. The molecule has 1 N–H and O–H groups in total. The molecule has 0 amide bonds. The monoisotopic (exact) mass is 596 g/mol. The zero-order valence-electron chi connectivity index (χ0n) is 19.0. The van der Waals surface area contributed by atoms with Gasteiger partial charge in [0.1, 0.15) is 29.6 Å². The predicted molar refractivity (Wildman–Crippen MR) is 141 cm³/mol. The lowest BCUT2D eigenvalue weighted by Gasteiger charge is -2.12. The highest BCUT2D eigenvalue weighted by Crippen LogP contribution is 2.31. The molecule has 3 aromatic rings. The van der Waals surface area contributed by atoms with Gasteiger partial charge in [0.2, 0.25) is 0 Å². The van der Waals surface area contributed by atoms with E-state index in [2.05, 4.69) is 38.9 Å². The summed E-state index contributed by atoms with van der Waals surface area (Å²) in [5.74, 6) is 7.43. The van der Waals surface area contributed by atoms with Crippen molar-refractivity contribution in [2.45, 2.75) is 32.1 Å². The molecule has 34 heavy (non-hydrogen) atoms. The molecule has 0 bridgehead atoms. The second-order valence-electron chi connectivity index (χ2n) is 7.37. The van der Waals surface area contributed by atoms with Crippen LogP contribution in [-0.4, -0.2) is 41.1 Å². The van der Waals surface area contributed by atoms with Crippen LogP contribution in [0.3, 0.4) is 0 Å². The Kier molecular flexibility index (Phi) is 10.8. The molecule has 1 aromatic heterocycles. The SMILES string of the molecule is CC(OPI)c1nccn1CC#Cc1ccc(-c2ccc(OC3CCOC3)cc2)c(F)c1.CO. The minimum atomic E-state index is -0.303. The molecule has 1 saturated heterocycles. The van der Waals surface area contributed by atoms with Crippen molar-refractivity contribution in [3.8, 4) is 28.7 Å². The van der Waals surface area contributed by atoms with Gasteiger partial charge in [-0.1, -0.05) is 30.0 Å². The molecule has 0 aliphatic carbocycles. The van der Waals surface area contributed by atoms with Crippen molar-refractivity contribution in [2.75, 3.05) is 20.3 Å². The molecule has 0 spiro atoms. The first-order chi connectivity index (χ1) is 16.6. The normalized spacial score (nSPS) is 16.0. The number of rotatable bonds is 7. The number of ether oxygens (including phenoxy) is 2. The lowest BCUT2D eigenvalue weighted by molar-refractivity contribution is 0.141. The number of halogens is 2. The summed E-state index contributed by atoms with van der Waals surface area (Å²) in [6, 6.07) is 12.5. The zero-order valence-corrected chi connectivity index (χ0v) is 22.2. The molecule has 1 aliphatic rings. The first kappa shape index (κ1) is 26.6. The quantitative estimate of drug-likeness (QED) is 0.221. The molecule has 9 heteroatoms.